The van der Waals surface area contributed by atoms with Crippen molar-refractivity contribution in [2.24, 2.45) is 0 Å². The van der Waals surface area contributed by atoms with Crippen molar-refractivity contribution in [2.75, 3.05) is 26.2 Å². The average Bonchev–Trinajstić information content (AvgIpc) is 2.02. The van der Waals surface area contributed by atoms with Crippen molar-refractivity contribution in [1.82, 2.24) is 9.32 Å². The van der Waals surface area contributed by atoms with Gasteiger partial charge in [0.15, 0.2) is 0 Å². The van der Waals surface area contributed by atoms with E-state index in [0.29, 0.717) is 26.2 Å². The molecule has 0 N–H and O–H groups in total. The molecule has 1 saturated heterocycles. The fourth-order valence-corrected chi connectivity index (χ4v) is 1.34. The van der Waals surface area contributed by atoms with Crippen molar-refractivity contribution >= 4 is 17.9 Å². The predicted octanol–water partition coefficient (Wildman–Crippen LogP) is 1.69. The predicted molar refractivity (Wildman–Crippen MR) is 55.2 cm³/mol. The van der Waals surface area contributed by atoms with E-state index in [4.69, 9.17) is 16.5 Å². The summed E-state index contributed by atoms with van der Waals surface area (Å²) in [6.07, 6.45) is -0.248. The van der Waals surface area contributed by atoms with E-state index in [2.05, 4.69) is 0 Å². The molecule has 5 heteroatoms. The van der Waals surface area contributed by atoms with Gasteiger partial charge in [-0.1, -0.05) is 0 Å². The first-order chi connectivity index (χ1) is 6.38. The molecule has 0 spiro atoms. The summed E-state index contributed by atoms with van der Waals surface area (Å²) in [6, 6.07) is 0. The second kappa shape index (κ2) is 4.36. The second-order valence-corrected chi connectivity index (χ2v) is 4.86. The maximum atomic E-state index is 11.6. The van der Waals surface area contributed by atoms with E-state index in [-0.39, 0.29) is 6.09 Å². The standard InChI is InChI=1S/C9H17ClN2O2/c1-9(2,3)14-8(13)11-4-6-12(10)7-5-11/h4-7H2,1-3H3. The molecule has 0 saturated carbocycles. The Hall–Kier alpha value is -0.480. The Kier molecular flexibility index (Phi) is 3.61. The van der Waals surface area contributed by atoms with Crippen LogP contribution in [0.25, 0.3) is 0 Å². The second-order valence-electron chi connectivity index (χ2n) is 4.38. The Morgan fingerprint density at radius 1 is 1.21 bits per heavy atom. The third-order valence-electron chi connectivity index (χ3n) is 1.88. The molecule has 0 bridgehead atoms. The van der Waals surface area contributed by atoms with Gasteiger partial charge in [-0.15, -0.1) is 0 Å². The zero-order valence-electron chi connectivity index (χ0n) is 8.92. The molecule has 0 atom stereocenters. The van der Waals surface area contributed by atoms with Crippen LogP contribution in [0.2, 0.25) is 0 Å². The van der Waals surface area contributed by atoms with E-state index < -0.39 is 5.60 Å². The number of piperazine rings is 1. The molecule has 0 aromatic carbocycles. The van der Waals surface area contributed by atoms with Crippen molar-refractivity contribution in [2.45, 2.75) is 26.4 Å². The normalized spacial score (nSPS) is 19.6. The number of carbonyl (C=O) groups is 1. The third kappa shape index (κ3) is 3.72. The number of carbonyl (C=O) groups excluding carboxylic acids is 1. The summed E-state index contributed by atoms with van der Waals surface area (Å²) in [5.41, 5.74) is -0.421. The third-order valence-corrected chi connectivity index (χ3v) is 2.21. The largest absolute Gasteiger partial charge is 0.444 e. The lowest BCUT2D eigenvalue weighted by Crippen LogP contribution is -2.47. The van der Waals surface area contributed by atoms with Gasteiger partial charge in [-0.3, -0.25) is 0 Å². The van der Waals surface area contributed by atoms with Crippen LogP contribution in [0.1, 0.15) is 20.8 Å². The van der Waals surface area contributed by atoms with Crippen LogP contribution in [0.15, 0.2) is 0 Å². The van der Waals surface area contributed by atoms with E-state index in [1.54, 1.807) is 9.32 Å². The minimum absolute atomic E-state index is 0.248. The summed E-state index contributed by atoms with van der Waals surface area (Å²) in [5.74, 6) is 0. The molecule has 14 heavy (non-hydrogen) atoms. The molecule has 1 heterocycles. The van der Waals surface area contributed by atoms with Gasteiger partial charge >= 0.3 is 6.09 Å². The number of hydrogen-bond donors (Lipinski definition) is 0. The topological polar surface area (TPSA) is 32.8 Å². The summed E-state index contributed by atoms with van der Waals surface area (Å²) in [6.45, 7) is 8.26. The minimum atomic E-state index is -0.421. The average molecular weight is 221 g/mol. The molecular weight excluding hydrogens is 204 g/mol. The van der Waals surface area contributed by atoms with Crippen LogP contribution in [0.5, 0.6) is 0 Å². The Balaban J connectivity index is 2.38. The van der Waals surface area contributed by atoms with Gasteiger partial charge in [0.1, 0.15) is 5.60 Å². The van der Waals surface area contributed by atoms with Crippen LogP contribution >= 0.6 is 11.8 Å². The summed E-state index contributed by atoms with van der Waals surface area (Å²) in [4.78, 5) is 13.2. The van der Waals surface area contributed by atoms with E-state index in [1.165, 1.54) is 0 Å². The molecule has 1 fully saturated rings. The summed E-state index contributed by atoms with van der Waals surface area (Å²) in [7, 11) is 0. The molecule has 0 radical (unpaired) electrons. The molecule has 4 nitrogen and oxygen atoms in total. The molecule has 0 aromatic rings. The minimum Gasteiger partial charge on any atom is -0.444 e. The number of amides is 1. The van der Waals surface area contributed by atoms with Gasteiger partial charge in [-0.2, -0.15) is 0 Å². The van der Waals surface area contributed by atoms with Crippen LogP contribution in [-0.4, -0.2) is 47.2 Å². The highest BCUT2D eigenvalue weighted by molar-refractivity contribution is 6.13. The molecule has 1 rings (SSSR count). The van der Waals surface area contributed by atoms with Crippen molar-refractivity contribution < 1.29 is 9.53 Å². The van der Waals surface area contributed by atoms with Crippen LogP contribution < -0.4 is 0 Å². The monoisotopic (exact) mass is 220 g/mol. The van der Waals surface area contributed by atoms with Gasteiger partial charge in [0.05, 0.1) is 0 Å². The number of nitrogens with zero attached hydrogens (tertiary/aromatic N) is 2. The fourth-order valence-electron chi connectivity index (χ4n) is 1.19. The highest BCUT2D eigenvalue weighted by Gasteiger charge is 2.24. The number of rotatable bonds is 0. The van der Waals surface area contributed by atoms with Gasteiger partial charge < -0.3 is 9.64 Å². The smallest absolute Gasteiger partial charge is 0.410 e. The van der Waals surface area contributed by atoms with Crippen LogP contribution in [-0.2, 0) is 4.74 Å². The van der Waals surface area contributed by atoms with Gasteiger partial charge in [-0.25, -0.2) is 9.21 Å². The maximum Gasteiger partial charge on any atom is 0.410 e. The lowest BCUT2D eigenvalue weighted by molar-refractivity contribution is 0.0194. The molecule has 1 aliphatic rings. The molecule has 82 valence electrons. The Labute approximate surface area is 89.9 Å². The van der Waals surface area contributed by atoms with Gasteiger partial charge in [-0.05, 0) is 32.5 Å². The quantitative estimate of drug-likeness (QED) is 0.583. The van der Waals surface area contributed by atoms with Gasteiger partial charge in [0.2, 0.25) is 0 Å². The summed E-state index contributed by atoms with van der Waals surface area (Å²) in [5, 5.41) is 0. The molecule has 0 aliphatic carbocycles. The Morgan fingerprint density at radius 3 is 2.14 bits per heavy atom. The fraction of sp³-hybridized carbons (Fsp3) is 0.889. The van der Waals surface area contributed by atoms with Crippen molar-refractivity contribution in [3.63, 3.8) is 0 Å². The summed E-state index contributed by atoms with van der Waals surface area (Å²) < 4.78 is 6.92. The van der Waals surface area contributed by atoms with Crippen molar-refractivity contribution in [1.29, 1.82) is 0 Å². The van der Waals surface area contributed by atoms with E-state index in [9.17, 15) is 4.79 Å². The molecule has 0 aromatic heterocycles. The van der Waals surface area contributed by atoms with Gasteiger partial charge in [0.25, 0.3) is 0 Å². The summed E-state index contributed by atoms with van der Waals surface area (Å²) >= 11 is 5.77. The number of hydrogen-bond acceptors (Lipinski definition) is 3. The van der Waals surface area contributed by atoms with E-state index in [0.717, 1.165) is 0 Å². The Bertz CT molecular complexity index is 207. The Morgan fingerprint density at radius 2 is 1.71 bits per heavy atom. The van der Waals surface area contributed by atoms with Crippen LogP contribution in [0.4, 0.5) is 4.79 Å². The first-order valence-electron chi connectivity index (χ1n) is 4.77. The first-order valence-corrected chi connectivity index (χ1v) is 5.11. The van der Waals surface area contributed by atoms with Crippen molar-refractivity contribution in [3.8, 4) is 0 Å². The molecular formula is C9H17ClN2O2. The lowest BCUT2D eigenvalue weighted by atomic mass is 10.2. The molecule has 1 aliphatic heterocycles. The zero-order chi connectivity index (χ0) is 10.8. The number of ether oxygens (including phenoxy) is 1. The van der Waals surface area contributed by atoms with Gasteiger partial charge in [0, 0.05) is 26.2 Å². The highest BCUT2D eigenvalue weighted by Crippen LogP contribution is 2.12. The maximum absolute atomic E-state index is 11.6. The van der Waals surface area contributed by atoms with E-state index in [1.807, 2.05) is 20.8 Å². The SMILES string of the molecule is CC(C)(C)OC(=O)N1CCN(Cl)CC1. The molecule has 1 amide bonds. The first kappa shape index (κ1) is 11.6. The van der Waals surface area contributed by atoms with E-state index >= 15 is 0 Å². The highest BCUT2D eigenvalue weighted by atomic mass is 35.5. The molecule has 0 unspecified atom stereocenters. The van der Waals surface area contributed by atoms with Crippen molar-refractivity contribution in [3.05, 3.63) is 0 Å². The number of halogens is 1. The zero-order valence-corrected chi connectivity index (χ0v) is 9.67. The van der Waals surface area contributed by atoms with Crippen LogP contribution in [0, 0.1) is 0 Å². The van der Waals surface area contributed by atoms with Crippen LogP contribution in [0.3, 0.4) is 0 Å². The lowest BCUT2D eigenvalue weighted by Gasteiger charge is -2.32.